The molecule has 2 aromatic carbocycles. The lowest BCUT2D eigenvalue weighted by Gasteiger charge is -2.05. The number of rotatable bonds is 2. The van der Waals surface area contributed by atoms with E-state index in [1.807, 2.05) is 24.3 Å². The second-order valence-electron chi connectivity index (χ2n) is 4.68. The first-order chi connectivity index (χ1) is 9.99. The summed E-state index contributed by atoms with van der Waals surface area (Å²) in [5, 5.41) is 0.519. The molecule has 1 heterocycles. The number of ether oxygens (including phenoxy) is 1. The molecule has 1 aromatic heterocycles. The minimum Gasteiger partial charge on any atom is -0.496 e. The Bertz CT molecular complexity index is 790. The molecule has 2 nitrogen and oxygen atoms in total. The van der Waals surface area contributed by atoms with Crippen molar-refractivity contribution in [3.8, 4) is 17.0 Å². The first kappa shape index (κ1) is 13.5. The minimum absolute atomic E-state index is 0.519. The Hall–Kier alpha value is -2.43. The van der Waals surface area contributed by atoms with E-state index in [1.54, 1.807) is 13.2 Å². The van der Waals surface area contributed by atoms with Gasteiger partial charge in [0.15, 0.2) is 0 Å². The molecule has 1 N–H and O–H groups in total. The van der Waals surface area contributed by atoms with E-state index in [2.05, 4.69) is 4.98 Å². The summed E-state index contributed by atoms with van der Waals surface area (Å²) < 4.78 is 43.5. The Morgan fingerprint density at radius 1 is 1.00 bits per heavy atom. The Kier molecular flexibility index (Phi) is 3.12. The molecule has 5 heteroatoms. The van der Waals surface area contributed by atoms with Gasteiger partial charge in [-0.25, -0.2) is 0 Å². The molecule has 0 aliphatic carbocycles. The summed E-state index contributed by atoms with van der Waals surface area (Å²) >= 11 is 0. The van der Waals surface area contributed by atoms with Crippen molar-refractivity contribution in [1.82, 2.24) is 4.98 Å². The topological polar surface area (TPSA) is 25.0 Å². The Morgan fingerprint density at radius 2 is 1.76 bits per heavy atom. The molecule has 21 heavy (non-hydrogen) atoms. The van der Waals surface area contributed by atoms with Gasteiger partial charge in [-0.1, -0.05) is 12.1 Å². The van der Waals surface area contributed by atoms with E-state index in [9.17, 15) is 13.2 Å². The minimum atomic E-state index is -4.34. The van der Waals surface area contributed by atoms with Crippen LogP contribution in [-0.2, 0) is 6.18 Å². The standard InChI is InChI=1S/C16H12F3NO/c1-21-15-5-3-2-4-12(15)14-9-10-8-11(16(17,18)19)6-7-13(10)20-14/h2-9,20H,1H3. The maximum absolute atomic E-state index is 12.7. The summed E-state index contributed by atoms with van der Waals surface area (Å²) in [6.07, 6.45) is -4.34. The van der Waals surface area contributed by atoms with Crippen molar-refractivity contribution in [2.45, 2.75) is 6.18 Å². The van der Waals surface area contributed by atoms with Crippen molar-refractivity contribution in [2.24, 2.45) is 0 Å². The Morgan fingerprint density at radius 3 is 2.48 bits per heavy atom. The van der Waals surface area contributed by atoms with Crippen LogP contribution in [0.15, 0.2) is 48.5 Å². The third kappa shape index (κ3) is 2.46. The predicted octanol–water partition coefficient (Wildman–Crippen LogP) is 4.86. The van der Waals surface area contributed by atoms with Gasteiger partial charge in [0.2, 0.25) is 0 Å². The molecule has 0 fully saturated rings. The van der Waals surface area contributed by atoms with Gasteiger partial charge in [-0.3, -0.25) is 0 Å². The van der Waals surface area contributed by atoms with Gasteiger partial charge in [0.05, 0.1) is 18.4 Å². The Balaban J connectivity index is 2.13. The molecule has 0 unspecified atom stereocenters. The lowest BCUT2D eigenvalue weighted by molar-refractivity contribution is -0.137. The number of aromatic amines is 1. The number of aromatic nitrogens is 1. The zero-order valence-electron chi connectivity index (χ0n) is 11.2. The largest absolute Gasteiger partial charge is 0.496 e. The van der Waals surface area contributed by atoms with Crippen LogP contribution >= 0.6 is 0 Å². The van der Waals surface area contributed by atoms with Gasteiger partial charge in [-0.15, -0.1) is 0 Å². The third-order valence-electron chi connectivity index (χ3n) is 3.35. The number of methoxy groups -OCH3 is 1. The zero-order valence-corrected chi connectivity index (χ0v) is 11.2. The molecule has 0 aliphatic heterocycles. The second-order valence-corrected chi connectivity index (χ2v) is 4.68. The molecule has 0 spiro atoms. The second kappa shape index (κ2) is 4.84. The van der Waals surface area contributed by atoms with Crippen molar-refractivity contribution in [3.05, 3.63) is 54.1 Å². The van der Waals surface area contributed by atoms with Crippen LogP contribution in [0.2, 0.25) is 0 Å². The number of H-pyrrole nitrogens is 1. The maximum Gasteiger partial charge on any atom is 0.416 e. The summed E-state index contributed by atoms with van der Waals surface area (Å²) in [4.78, 5) is 3.12. The first-order valence-electron chi connectivity index (χ1n) is 6.32. The lowest BCUT2D eigenvalue weighted by Crippen LogP contribution is -2.03. The highest BCUT2D eigenvalue weighted by atomic mass is 19.4. The van der Waals surface area contributed by atoms with E-state index < -0.39 is 11.7 Å². The van der Waals surface area contributed by atoms with Gasteiger partial charge < -0.3 is 9.72 Å². The molecule has 0 bridgehead atoms. The van der Waals surface area contributed by atoms with Crippen molar-refractivity contribution in [2.75, 3.05) is 7.11 Å². The smallest absolute Gasteiger partial charge is 0.416 e. The molecular weight excluding hydrogens is 279 g/mol. The van der Waals surface area contributed by atoms with Crippen molar-refractivity contribution >= 4 is 10.9 Å². The van der Waals surface area contributed by atoms with E-state index in [1.165, 1.54) is 6.07 Å². The van der Waals surface area contributed by atoms with Crippen LogP contribution in [0.25, 0.3) is 22.2 Å². The van der Waals surface area contributed by atoms with E-state index in [0.717, 1.165) is 23.4 Å². The monoisotopic (exact) mass is 291 g/mol. The maximum atomic E-state index is 12.7. The molecule has 0 saturated heterocycles. The zero-order chi connectivity index (χ0) is 15.0. The number of halogens is 3. The van der Waals surface area contributed by atoms with Crippen LogP contribution in [0.4, 0.5) is 13.2 Å². The molecule has 0 aliphatic rings. The lowest BCUT2D eigenvalue weighted by atomic mass is 10.1. The van der Waals surface area contributed by atoms with E-state index in [-0.39, 0.29) is 0 Å². The van der Waals surface area contributed by atoms with Gasteiger partial charge >= 0.3 is 6.18 Å². The van der Waals surface area contributed by atoms with Crippen molar-refractivity contribution < 1.29 is 17.9 Å². The SMILES string of the molecule is COc1ccccc1-c1cc2cc(C(F)(F)F)ccc2[nH]1. The molecule has 108 valence electrons. The molecule has 0 atom stereocenters. The van der Waals surface area contributed by atoms with E-state index in [0.29, 0.717) is 16.7 Å². The van der Waals surface area contributed by atoms with Crippen LogP contribution < -0.4 is 4.74 Å². The fourth-order valence-electron chi connectivity index (χ4n) is 2.32. The number of nitrogens with one attached hydrogen (secondary N) is 1. The third-order valence-corrected chi connectivity index (χ3v) is 3.35. The molecule has 0 radical (unpaired) electrons. The van der Waals surface area contributed by atoms with E-state index >= 15 is 0 Å². The highest BCUT2D eigenvalue weighted by Crippen LogP contribution is 2.34. The van der Waals surface area contributed by atoms with Crippen LogP contribution in [0, 0.1) is 0 Å². The first-order valence-corrected chi connectivity index (χ1v) is 6.32. The van der Waals surface area contributed by atoms with Crippen molar-refractivity contribution in [1.29, 1.82) is 0 Å². The predicted molar refractivity (Wildman–Crippen MR) is 75.3 cm³/mol. The Labute approximate surface area is 119 Å². The summed E-state index contributed by atoms with van der Waals surface area (Å²) in [5.74, 6) is 0.667. The fourth-order valence-corrected chi connectivity index (χ4v) is 2.32. The van der Waals surface area contributed by atoms with Crippen LogP contribution in [0.5, 0.6) is 5.75 Å². The van der Waals surface area contributed by atoms with Gasteiger partial charge in [0, 0.05) is 16.5 Å². The number of hydrogen-bond donors (Lipinski definition) is 1. The van der Waals surface area contributed by atoms with Gasteiger partial charge in [-0.05, 0) is 36.4 Å². The molecule has 0 saturated carbocycles. The number of hydrogen-bond acceptors (Lipinski definition) is 1. The number of fused-ring (bicyclic) bond motifs is 1. The van der Waals surface area contributed by atoms with Crippen LogP contribution in [0.3, 0.4) is 0 Å². The summed E-state index contributed by atoms with van der Waals surface area (Å²) in [7, 11) is 1.56. The molecule has 3 aromatic rings. The van der Waals surface area contributed by atoms with Crippen LogP contribution in [0.1, 0.15) is 5.56 Å². The fraction of sp³-hybridized carbons (Fsp3) is 0.125. The van der Waals surface area contributed by atoms with Gasteiger partial charge in [0.25, 0.3) is 0 Å². The average Bonchev–Trinajstić information content (AvgIpc) is 2.89. The summed E-state index contributed by atoms with van der Waals surface area (Å²) in [6, 6.07) is 12.7. The molecule has 0 amide bonds. The quantitative estimate of drug-likeness (QED) is 0.716. The highest BCUT2D eigenvalue weighted by molar-refractivity contribution is 5.87. The highest BCUT2D eigenvalue weighted by Gasteiger charge is 2.30. The number of benzene rings is 2. The van der Waals surface area contributed by atoms with Crippen LogP contribution in [-0.4, -0.2) is 12.1 Å². The normalized spacial score (nSPS) is 11.8. The summed E-state index contributed by atoms with van der Waals surface area (Å²) in [6.45, 7) is 0. The van der Waals surface area contributed by atoms with Gasteiger partial charge in [-0.2, -0.15) is 13.2 Å². The van der Waals surface area contributed by atoms with Gasteiger partial charge in [0.1, 0.15) is 5.75 Å². The number of para-hydroxylation sites is 1. The summed E-state index contributed by atoms with van der Waals surface area (Å²) in [5.41, 5.74) is 1.54. The van der Waals surface area contributed by atoms with E-state index in [4.69, 9.17) is 4.74 Å². The molecule has 3 rings (SSSR count). The number of alkyl halides is 3. The van der Waals surface area contributed by atoms with Crippen molar-refractivity contribution in [3.63, 3.8) is 0 Å². The molecular formula is C16H12F3NO. The average molecular weight is 291 g/mol.